The van der Waals surface area contributed by atoms with Crippen LogP contribution in [0.2, 0.25) is 0 Å². The zero-order valence-corrected chi connectivity index (χ0v) is 16.3. The maximum Gasteiger partial charge on any atom is 0.406 e. The lowest BCUT2D eigenvalue weighted by molar-refractivity contribution is -0.161. The van der Waals surface area contributed by atoms with Crippen molar-refractivity contribution in [2.24, 2.45) is 0 Å². The molecule has 0 fully saturated rings. The van der Waals surface area contributed by atoms with Gasteiger partial charge in [-0.25, -0.2) is 0 Å². The number of hydrogen-bond acceptors (Lipinski definition) is 7. The summed E-state index contributed by atoms with van der Waals surface area (Å²) in [5, 5.41) is 7.46. The minimum Gasteiger partial charge on any atom is -0.467 e. The third kappa shape index (κ3) is 6.98. The van der Waals surface area contributed by atoms with Gasteiger partial charge in [-0.3, -0.25) is 4.79 Å². The minimum atomic E-state index is -4.58. The van der Waals surface area contributed by atoms with Gasteiger partial charge in [-0.05, 0) is 36.4 Å². The van der Waals surface area contributed by atoms with Gasteiger partial charge in [0.2, 0.25) is 11.8 Å². The molecule has 0 radical (unpaired) electrons. The Balaban J connectivity index is 1.60. The van der Waals surface area contributed by atoms with Gasteiger partial charge in [0.15, 0.2) is 0 Å². The van der Waals surface area contributed by atoms with E-state index in [1.165, 1.54) is 42.7 Å². The third-order valence-electron chi connectivity index (χ3n) is 3.70. The van der Waals surface area contributed by atoms with Gasteiger partial charge in [0.25, 0.3) is 5.22 Å². The zero-order valence-electron chi connectivity index (χ0n) is 15.5. The topological polar surface area (TPSA) is 81.6 Å². The predicted octanol–water partition coefficient (Wildman–Crippen LogP) is 4.61. The molecule has 1 amide bonds. The first-order valence-corrected chi connectivity index (χ1v) is 9.56. The number of halogens is 5. The molecule has 7 nitrogen and oxygen atoms in total. The molecule has 31 heavy (non-hydrogen) atoms. The molecular weight excluding hydrogens is 449 g/mol. The Morgan fingerprint density at radius 1 is 1.16 bits per heavy atom. The smallest absolute Gasteiger partial charge is 0.406 e. The molecule has 3 rings (SSSR count). The Bertz CT molecular complexity index is 977. The Hall–Kier alpha value is -3.09. The summed E-state index contributed by atoms with van der Waals surface area (Å²) in [5.74, 6) is -0.977. The van der Waals surface area contributed by atoms with Crippen molar-refractivity contribution in [3.63, 3.8) is 0 Å². The summed E-state index contributed by atoms with van der Waals surface area (Å²) in [5.41, 5.74) is 0.406. The molecular formula is C18H14F5N3O4S. The number of hydrogen-bond donors (Lipinski definition) is 0. The lowest BCUT2D eigenvalue weighted by atomic mass is 10.2. The van der Waals surface area contributed by atoms with E-state index in [0.717, 1.165) is 11.8 Å². The van der Waals surface area contributed by atoms with E-state index in [-0.39, 0.29) is 34.9 Å². The van der Waals surface area contributed by atoms with Crippen molar-refractivity contribution in [2.45, 2.75) is 24.6 Å². The molecule has 166 valence electrons. The fourth-order valence-corrected chi connectivity index (χ4v) is 3.08. The van der Waals surface area contributed by atoms with Crippen LogP contribution in [0.4, 0.5) is 22.0 Å². The molecule has 13 heteroatoms. The van der Waals surface area contributed by atoms with Gasteiger partial charge in [-0.1, -0.05) is 11.8 Å². The largest absolute Gasteiger partial charge is 0.467 e. The molecule has 0 spiro atoms. The molecule has 2 aromatic heterocycles. The van der Waals surface area contributed by atoms with Crippen LogP contribution in [0, 0.1) is 0 Å². The number of ether oxygens (including phenoxy) is 1. The van der Waals surface area contributed by atoms with Crippen LogP contribution in [0.15, 0.2) is 56.7 Å². The highest BCUT2D eigenvalue weighted by Crippen LogP contribution is 2.26. The molecule has 0 aliphatic carbocycles. The van der Waals surface area contributed by atoms with Gasteiger partial charge in [0.1, 0.15) is 18.1 Å². The zero-order chi connectivity index (χ0) is 22.4. The van der Waals surface area contributed by atoms with E-state index in [1.54, 1.807) is 0 Å². The van der Waals surface area contributed by atoms with Crippen molar-refractivity contribution in [3.8, 4) is 17.2 Å². The van der Waals surface area contributed by atoms with Gasteiger partial charge >= 0.3 is 12.8 Å². The monoisotopic (exact) mass is 463 g/mol. The number of carbonyl (C=O) groups excluding carboxylic acids is 1. The lowest BCUT2D eigenvalue weighted by Crippen LogP contribution is -2.39. The second kappa shape index (κ2) is 9.81. The number of amides is 1. The van der Waals surface area contributed by atoms with Gasteiger partial charge in [-0.2, -0.15) is 22.0 Å². The second-order valence-electron chi connectivity index (χ2n) is 6.01. The van der Waals surface area contributed by atoms with Gasteiger partial charge in [-0.15, -0.1) is 10.2 Å². The van der Waals surface area contributed by atoms with Crippen molar-refractivity contribution in [2.75, 3.05) is 12.3 Å². The van der Waals surface area contributed by atoms with E-state index in [1.807, 2.05) is 0 Å². The first kappa shape index (κ1) is 22.6. The molecule has 0 saturated heterocycles. The number of thioether (sulfide) groups is 1. The molecule has 0 aliphatic rings. The summed E-state index contributed by atoms with van der Waals surface area (Å²) in [4.78, 5) is 12.9. The molecule has 0 saturated carbocycles. The van der Waals surface area contributed by atoms with Crippen LogP contribution in [-0.2, 0) is 11.3 Å². The molecule has 0 atom stereocenters. The van der Waals surface area contributed by atoms with Crippen LogP contribution in [-0.4, -0.2) is 46.1 Å². The van der Waals surface area contributed by atoms with Crippen molar-refractivity contribution in [1.82, 2.24) is 15.1 Å². The second-order valence-corrected chi connectivity index (χ2v) is 6.94. The number of carbonyl (C=O) groups is 1. The van der Waals surface area contributed by atoms with E-state index >= 15 is 0 Å². The molecule has 1 aromatic carbocycles. The summed E-state index contributed by atoms with van der Waals surface area (Å²) in [6.45, 7) is -4.73. The van der Waals surface area contributed by atoms with Crippen molar-refractivity contribution in [3.05, 3.63) is 48.4 Å². The van der Waals surface area contributed by atoms with Crippen LogP contribution in [0.5, 0.6) is 5.75 Å². The van der Waals surface area contributed by atoms with E-state index in [2.05, 4.69) is 14.9 Å². The van der Waals surface area contributed by atoms with Crippen LogP contribution in [0.25, 0.3) is 11.5 Å². The van der Waals surface area contributed by atoms with Crippen LogP contribution >= 0.6 is 11.8 Å². The van der Waals surface area contributed by atoms with Crippen molar-refractivity contribution < 1.29 is 40.3 Å². The summed E-state index contributed by atoms with van der Waals surface area (Å²) < 4.78 is 77.5. The number of benzene rings is 1. The van der Waals surface area contributed by atoms with Crippen LogP contribution in [0.3, 0.4) is 0 Å². The Kier molecular flexibility index (Phi) is 7.15. The highest BCUT2D eigenvalue weighted by molar-refractivity contribution is 7.99. The molecule has 2 heterocycles. The molecule has 0 bridgehead atoms. The first-order valence-electron chi connectivity index (χ1n) is 8.58. The molecule has 0 unspecified atom stereocenters. The van der Waals surface area contributed by atoms with E-state index < -0.39 is 25.2 Å². The number of furan rings is 1. The number of rotatable bonds is 9. The summed E-state index contributed by atoms with van der Waals surface area (Å²) >= 11 is 0.769. The first-order chi connectivity index (χ1) is 14.7. The predicted molar refractivity (Wildman–Crippen MR) is 97.3 cm³/mol. The van der Waals surface area contributed by atoms with E-state index in [4.69, 9.17) is 8.83 Å². The van der Waals surface area contributed by atoms with Crippen molar-refractivity contribution in [1.29, 1.82) is 0 Å². The van der Waals surface area contributed by atoms with Gasteiger partial charge < -0.3 is 18.5 Å². The Morgan fingerprint density at radius 2 is 1.90 bits per heavy atom. The quantitative estimate of drug-likeness (QED) is 0.339. The fourth-order valence-electron chi connectivity index (χ4n) is 2.42. The van der Waals surface area contributed by atoms with E-state index in [9.17, 15) is 26.7 Å². The number of aromatic nitrogens is 2. The number of nitrogens with zero attached hydrogens (tertiary/aromatic N) is 3. The molecule has 0 N–H and O–H groups in total. The number of alkyl halides is 5. The molecule has 3 aromatic rings. The van der Waals surface area contributed by atoms with Crippen LogP contribution in [0.1, 0.15) is 5.76 Å². The Morgan fingerprint density at radius 3 is 2.52 bits per heavy atom. The van der Waals surface area contributed by atoms with Gasteiger partial charge in [0, 0.05) is 5.56 Å². The molecule has 0 aliphatic heterocycles. The SMILES string of the molecule is O=C(CSc1nnc(-c2ccc(OC(F)F)cc2)o1)N(Cc1ccco1)CC(F)(F)F. The summed E-state index contributed by atoms with van der Waals surface area (Å²) in [6.07, 6.45) is -3.28. The maximum absolute atomic E-state index is 12.8. The highest BCUT2D eigenvalue weighted by Gasteiger charge is 2.33. The standard InChI is InChI=1S/C18H14F5N3O4S/c19-16(20)29-12-5-3-11(4-6-12)15-24-25-17(30-15)31-9-14(27)26(10-18(21,22)23)8-13-2-1-7-28-13/h1-7,16H,8-10H2. The normalized spacial score (nSPS) is 11.7. The lowest BCUT2D eigenvalue weighted by Gasteiger charge is -2.22. The summed E-state index contributed by atoms with van der Waals surface area (Å²) in [6, 6.07) is 8.37. The Labute approximate surface area is 176 Å². The summed E-state index contributed by atoms with van der Waals surface area (Å²) in [7, 11) is 0. The fraction of sp³-hybridized carbons (Fsp3) is 0.278. The van der Waals surface area contributed by atoms with E-state index in [0.29, 0.717) is 10.5 Å². The highest BCUT2D eigenvalue weighted by atomic mass is 32.2. The average molecular weight is 463 g/mol. The average Bonchev–Trinajstić information content (AvgIpc) is 3.37. The van der Waals surface area contributed by atoms with Crippen LogP contribution < -0.4 is 4.74 Å². The maximum atomic E-state index is 12.8. The van der Waals surface area contributed by atoms with Crippen molar-refractivity contribution >= 4 is 17.7 Å². The minimum absolute atomic E-state index is 0.0405. The van der Waals surface area contributed by atoms with Gasteiger partial charge in [0.05, 0.1) is 18.6 Å². The third-order valence-corrected chi connectivity index (χ3v) is 4.50.